The maximum absolute atomic E-state index is 8.74. The Labute approximate surface area is 112 Å². The number of pyridine rings is 1. The van der Waals surface area contributed by atoms with Crippen LogP contribution in [0.5, 0.6) is 0 Å². The van der Waals surface area contributed by atoms with Gasteiger partial charge in [-0.25, -0.2) is 4.98 Å². The van der Waals surface area contributed by atoms with E-state index in [9.17, 15) is 0 Å². The van der Waals surface area contributed by atoms with Crippen molar-refractivity contribution in [2.75, 3.05) is 5.32 Å². The minimum atomic E-state index is 0.0200. The summed E-state index contributed by atoms with van der Waals surface area (Å²) in [4.78, 5) is 4.19. The van der Waals surface area contributed by atoms with Crippen LogP contribution in [0.1, 0.15) is 23.6 Å². The van der Waals surface area contributed by atoms with Crippen LogP contribution < -0.4 is 5.32 Å². The van der Waals surface area contributed by atoms with Gasteiger partial charge in [0, 0.05) is 12.6 Å². The second-order valence-electron chi connectivity index (χ2n) is 4.06. The maximum Gasteiger partial charge on any atom is 0.126 e. The van der Waals surface area contributed by atoms with Crippen molar-refractivity contribution in [3.63, 3.8) is 0 Å². The summed E-state index contributed by atoms with van der Waals surface area (Å²) in [6.07, 6.45) is 7.53. The Kier molecular flexibility index (Phi) is 4.16. The van der Waals surface area contributed by atoms with Crippen molar-refractivity contribution >= 4 is 5.82 Å². The van der Waals surface area contributed by atoms with Crippen molar-refractivity contribution in [1.82, 2.24) is 4.98 Å². The smallest absolute Gasteiger partial charge is 0.126 e. The lowest BCUT2D eigenvalue weighted by molar-refractivity contribution is 0.807. The molecular weight excluding hydrogens is 234 g/mol. The highest BCUT2D eigenvalue weighted by Gasteiger charge is 2.10. The van der Waals surface area contributed by atoms with Crippen LogP contribution in [-0.4, -0.2) is 4.98 Å². The number of nitrogens with one attached hydrogen (secondary N) is 1. The number of hydrogen-bond donors (Lipinski definition) is 1. The van der Waals surface area contributed by atoms with Crippen molar-refractivity contribution in [2.45, 2.75) is 12.5 Å². The van der Waals surface area contributed by atoms with Crippen molar-refractivity contribution in [2.24, 2.45) is 0 Å². The molecule has 0 bridgehead atoms. The quantitative estimate of drug-likeness (QED) is 0.844. The number of terminal acetylenes is 1. The van der Waals surface area contributed by atoms with Gasteiger partial charge in [-0.2, -0.15) is 5.26 Å². The minimum Gasteiger partial charge on any atom is -0.362 e. The average Bonchev–Trinajstić information content (AvgIpc) is 2.48. The van der Waals surface area contributed by atoms with E-state index in [-0.39, 0.29) is 6.04 Å². The van der Waals surface area contributed by atoms with E-state index in [0.29, 0.717) is 17.8 Å². The van der Waals surface area contributed by atoms with Crippen LogP contribution in [0.3, 0.4) is 0 Å². The zero-order chi connectivity index (χ0) is 13.5. The Bertz CT molecular complexity index is 603. The van der Waals surface area contributed by atoms with Gasteiger partial charge < -0.3 is 5.32 Å². The van der Waals surface area contributed by atoms with Gasteiger partial charge in [-0.15, -0.1) is 12.3 Å². The Morgan fingerprint density at radius 3 is 2.58 bits per heavy atom. The normalized spacial score (nSPS) is 11.1. The average molecular weight is 247 g/mol. The Morgan fingerprint density at radius 1 is 1.21 bits per heavy atom. The first-order valence-electron chi connectivity index (χ1n) is 5.94. The van der Waals surface area contributed by atoms with Crippen LogP contribution in [0.2, 0.25) is 0 Å². The lowest BCUT2D eigenvalue weighted by Crippen LogP contribution is -2.11. The van der Waals surface area contributed by atoms with Gasteiger partial charge >= 0.3 is 0 Å². The second kappa shape index (κ2) is 6.23. The molecule has 3 nitrogen and oxygen atoms in total. The largest absolute Gasteiger partial charge is 0.362 e. The van der Waals surface area contributed by atoms with Crippen molar-refractivity contribution < 1.29 is 0 Å². The van der Waals surface area contributed by atoms with E-state index in [1.165, 1.54) is 0 Å². The second-order valence-corrected chi connectivity index (χ2v) is 4.06. The third-order valence-corrected chi connectivity index (χ3v) is 2.74. The van der Waals surface area contributed by atoms with Gasteiger partial charge in [0.2, 0.25) is 0 Å². The van der Waals surface area contributed by atoms with E-state index < -0.39 is 0 Å². The molecule has 0 aliphatic carbocycles. The number of nitrogens with zero attached hydrogens (tertiary/aromatic N) is 2. The van der Waals surface area contributed by atoms with Crippen molar-refractivity contribution in [1.29, 1.82) is 5.26 Å². The monoisotopic (exact) mass is 247 g/mol. The van der Waals surface area contributed by atoms with E-state index in [0.717, 1.165) is 5.56 Å². The minimum absolute atomic E-state index is 0.0200. The van der Waals surface area contributed by atoms with Gasteiger partial charge in [-0.05, 0) is 17.7 Å². The molecule has 1 heterocycles. The maximum atomic E-state index is 8.74. The molecule has 0 fully saturated rings. The Morgan fingerprint density at radius 2 is 2.00 bits per heavy atom. The van der Waals surface area contributed by atoms with Crippen molar-refractivity contribution in [3.05, 3.63) is 59.8 Å². The summed E-state index contributed by atoms with van der Waals surface area (Å²) < 4.78 is 0. The molecule has 1 aromatic heterocycles. The van der Waals surface area contributed by atoms with Crippen molar-refractivity contribution in [3.8, 4) is 18.4 Å². The standard InChI is InChI=1S/C16H13N3/c1-2-6-15(14-7-4-3-5-8-14)19-16-10-9-13(11-17)12-18-16/h1,3-5,7-10,12,15H,6H2,(H,18,19)/t15-/m1/s1. The summed E-state index contributed by atoms with van der Waals surface area (Å²) in [5.41, 5.74) is 1.66. The first-order valence-corrected chi connectivity index (χ1v) is 5.94. The van der Waals surface area contributed by atoms with Crippen LogP contribution in [-0.2, 0) is 0 Å². The molecule has 0 radical (unpaired) electrons. The van der Waals surface area contributed by atoms with Gasteiger partial charge in [0.1, 0.15) is 11.9 Å². The highest BCUT2D eigenvalue weighted by molar-refractivity contribution is 5.42. The lowest BCUT2D eigenvalue weighted by atomic mass is 10.0. The molecule has 2 rings (SSSR count). The highest BCUT2D eigenvalue weighted by atomic mass is 15.0. The molecule has 0 unspecified atom stereocenters. The highest BCUT2D eigenvalue weighted by Crippen LogP contribution is 2.21. The first kappa shape index (κ1) is 12.7. The molecule has 3 heteroatoms. The molecule has 0 spiro atoms. The predicted molar refractivity (Wildman–Crippen MR) is 75.2 cm³/mol. The lowest BCUT2D eigenvalue weighted by Gasteiger charge is -2.17. The molecule has 0 saturated carbocycles. The van der Waals surface area contributed by atoms with E-state index in [4.69, 9.17) is 11.7 Å². The molecule has 0 aliphatic rings. The fourth-order valence-corrected chi connectivity index (χ4v) is 1.78. The fraction of sp³-hybridized carbons (Fsp3) is 0.125. The third kappa shape index (κ3) is 3.34. The summed E-state index contributed by atoms with van der Waals surface area (Å²) in [6, 6.07) is 15.6. The van der Waals surface area contributed by atoms with Gasteiger partial charge in [-0.1, -0.05) is 30.3 Å². The van der Waals surface area contributed by atoms with E-state index in [1.807, 2.05) is 36.4 Å². The fourth-order valence-electron chi connectivity index (χ4n) is 1.78. The summed E-state index contributed by atoms with van der Waals surface area (Å²) in [5, 5.41) is 12.0. The van der Waals surface area contributed by atoms with Gasteiger partial charge in [-0.3, -0.25) is 0 Å². The predicted octanol–water partition coefficient (Wildman–Crippen LogP) is 3.13. The Hall–Kier alpha value is -2.78. The molecule has 0 saturated heterocycles. The summed E-state index contributed by atoms with van der Waals surface area (Å²) in [6.45, 7) is 0. The Balaban J connectivity index is 2.17. The van der Waals surface area contributed by atoms with Crippen LogP contribution in [0.15, 0.2) is 48.7 Å². The number of nitriles is 1. The number of hydrogen-bond acceptors (Lipinski definition) is 3. The molecule has 1 N–H and O–H groups in total. The zero-order valence-electron chi connectivity index (χ0n) is 10.4. The van der Waals surface area contributed by atoms with Crippen LogP contribution in [0, 0.1) is 23.7 Å². The van der Waals surface area contributed by atoms with Crippen LogP contribution >= 0.6 is 0 Å². The topological polar surface area (TPSA) is 48.7 Å². The number of rotatable bonds is 4. The van der Waals surface area contributed by atoms with E-state index in [1.54, 1.807) is 18.3 Å². The molecule has 19 heavy (non-hydrogen) atoms. The molecule has 92 valence electrons. The zero-order valence-corrected chi connectivity index (χ0v) is 10.4. The summed E-state index contributed by atoms with van der Waals surface area (Å²) in [5.74, 6) is 3.38. The van der Waals surface area contributed by atoms with Gasteiger partial charge in [0.05, 0.1) is 11.6 Å². The third-order valence-electron chi connectivity index (χ3n) is 2.74. The molecular formula is C16H13N3. The molecule has 0 aliphatic heterocycles. The number of aromatic nitrogens is 1. The number of anilines is 1. The van der Waals surface area contributed by atoms with Crippen LogP contribution in [0.25, 0.3) is 0 Å². The SMILES string of the molecule is C#CC[C@@H](Nc1ccc(C#N)cn1)c1ccccc1. The summed E-state index contributed by atoms with van der Waals surface area (Å²) in [7, 11) is 0. The van der Waals surface area contributed by atoms with Gasteiger partial charge in [0.15, 0.2) is 0 Å². The van der Waals surface area contributed by atoms with E-state index >= 15 is 0 Å². The molecule has 1 aromatic carbocycles. The first-order chi connectivity index (χ1) is 9.33. The molecule has 2 aromatic rings. The number of benzene rings is 1. The van der Waals surface area contributed by atoms with E-state index in [2.05, 4.69) is 16.2 Å². The summed E-state index contributed by atoms with van der Waals surface area (Å²) >= 11 is 0. The van der Waals surface area contributed by atoms with Crippen LogP contribution in [0.4, 0.5) is 5.82 Å². The molecule has 0 amide bonds. The molecule has 1 atom stereocenters. The van der Waals surface area contributed by atoms with Gasteiger partial charge in [0.25, 0.3) is 0 Å².